The van der Waals surface area contributed by atoms with Gasteiger partial charge in [0.25, 0.3) is 5.56 Å². The molecule has 0 N–H and O–H groups in total. The fourth-order valence-electron chi connectivity index (χ4n) is 3.86. The van der Waals surface area contributed by atoms with Crippen molar-refractivity contribution >= 4 is 11.2 Å². The minimum atomic E-state index is -0.584. The first-order valence-electron chi connectivity index (χ1n) is 10.3. The zero-order chi connectivity index (χ0) is 22.9. The zero-order valence-corrected chi connectivity index (χ0v) is 17.4. The van der Waals surface area contributed by atoms with Crippen LogP contribution in [-0.2, 0) is 13.1 Å². The maximum absolute atomic E-state index is 13.7. The number of benzene rings is 3. The Bertz CT molecular complexity index is 1570. The van der Waals surface area contributed by atoms with Crippen LogP contribution in [0.3, 0.4) is 0 Å². The molecule has 0 fully saturated rings. The SMILES string of the molecule is O=c1c2c(ncn2Cc2cccc(F)c2)n(-c2ccc(F)cc2)c(=O)n1Cc1ccccc1. The monoisotopic (exact) mass is 444 g/mol. The Kier molecular flexibility index (Phi) is 5.18. The number of aromatic nitrogens is 4. The van der Waals surface area contributed by atoms with Gasteiger partial charge in [0.05, 0.1) is 18.6 Å². The zero-order valence-electron chi connectivity index (χ0n) is 17.4. The summed E-state index contributed by atoms with van der Waals surface area (Å²) in [5.41, 5.74) is 1.05. The summed E-state index contributed by atoms with van der Waals surface area (Å²) in [6.07, 6.45) is 1.45. The lowest BCUT2D eigenvalue weighted by Crippen LogP contribution is -2.40. The number of imidazole rings is 1. The van der Waals surface area contributed by atoms with Gasteiger partial charge >= 0.3 is 5.69 Å². The molecule has 164 valence electrons. The Balaban J connectivity index is 1.76. The molecule has 0 aliphatic carbocycles. The van der Waals surface area contributed by atoms with Crippen LogP contribution in [0.1, 0.15) is 11.1 Å². The molecule has 0 spiro atoms. The molecule has 0 atom stereocenters. The average Bonchev–Trinajstić information content (AvgIpc) is 3.22. The van der Waals surface area contributed by atoms with Crippen molar-refractivity contribution in [2.24, 2.45) is 0 Å². The summed E-state index contributed by atoms with van der Waals surface area (Å²) in [6, 6.07) is 20.6. The molecule has 0 saturated heterocycles. The highest BCUT2D eigenvalue weighted by molar-refractivity contribution is 5.72. The van der Waals surface area contributed by atoms with Crippen molar-refractivity contribution in [3.8, 4) is 5.69 Å². The summed E-state index contributed by atoms with van der Waals surface area (Å²) < 4.78 is 31.2. The van der Waals surface area contributed by atoms with E-state index in [1.54, 1.807) is 16.7 Å². The molecular weight excluding hydrogens is 426 g/mol. The normalized spacial score (nSPS) is 11.2. The second-order valence-electron chi connectivity index (χ2n) is 7.65. The van der Waals surface area contributed by atoms with Crippen LogP contribution in [0.15, 0.2) is 94.8 Å². The van der Waals surface area contributed by atoms with Crippen LogP contribution < -0.4 is 11.2 Å². The molecular formula is C25H18F2N4O2. The Morgan fingerprint density at radius 1 is 0.758 bits per heavy atom. The van der Waals surface area contributed by atoms with E-state index in [1.165, 1.54) is 47.3 Å². The lowest BCUT2D eigenvalue weighted by Gasteiger charge is -2.13. The predicted molar refractivity (Wildman–Crippen MR) is 121 cm³/mol. The van der Waals surface area contributed by atoms with Gasteiger partial charge in [0.15, 0.2) is 11.2 Å². The third kappa shape index (κ3) is 3.87. The summed E-state index contributed by atoms with van der Waals surface area (Å²) in [4.78, 5) is 31.3. The van der Waals surface area contributed by atoms with E-state index in [1.807, 2.05) is 30.3 Å². The molecule has 33 heavy (non-hydrogen) atoms. The van der Waals surface area contributed by atoms with E-state index >= 15 is 0 Å². The van der Waals surface area contributed by atoms with Crippen LogP contribution in [-0.4, -0.2) is 18.7 Å². The van der Waals surface area contributed by atoms with Crippen molar-refractivity contribution in [1.29, 1.82) is 0 Å². The molecule has 0 aliphatic rings. The molecule has 0 saturated carbocycles. The van der Waals surface area contributed by atoms with Crippen LogP contribution in [0, 0.1) is 11.6 Å². The second-order valence-corrected chi connectivity index (χ2v) is 7.65. The maximum Gasteiger partial charge on any atom is 0.337 e. The highest BCUT2D eigenvalue weighted by Crippen LogP contribution is 2.16. The lowest BCUT2D eigenvalue weighted by atomic mass is 10.2. The number of rotatable bonds is 5. The Labute approximate surface area is 186 Å². The standard InChI is InChI=1S/C25H18F2N4O2/c26-19-9-11-21(12-10-19)31-23-22(29(16-28-23)14-18-7-4-8-20(27)13-18)24(32)30(25(31)33)15-17-5-2-1-3-6-17/h1-13,16H,14-15H2. The number of hydrogen-bond acceptors (Lipinski definition) is 3. The smallest absolute Gasteiger partial charge is 0.320 e. The largest absolute Gasteiger partial charge is 0.337 e. The quantitative estimate of drug-likeness (QED) is 0.415. The van der Waals surface area contributed by atoms with Gasteiger partial charge in [0, 0.05) is 6.54 Å². The molecule has 5 rings (SSSR count). The van der Waals surface area contributed by atoms with Crippen LogP contribution in [0.4, 0.5) is 8.78 Å². The van der Waals surface area contributed by atoms with Crippen LogP contribution in [0.2, 0.25) is 0 Å². The van der Waals surface area contributed by atoms with E-state index < -0.39 is 17.1 Å². The van der Waals surface area contributed by atoms with Gasteiger partial charge in [-0.15, -0.1) is 0 Å². The van der Waals surface area contributed by atoms with Crippen LogP contribution in [0.25, 0.3) is 16.9 Å². The fourth-order valence-corrected chi connectivity index (χ4v) is 3.86. The van der Waals surface area contributed by atoms with E-state index in [0.29, 0.717) is 11.3 Å². The van der Waals surface area contributed by atoms with E-state index in [4.69, 9.17) is 0 Å². The van der Waals surface area contributed by atoms with E-state index in [9.17, 15) is 18.4 Å². The van der Waals surface area contributed by atoms with Gasteiger partial charge in [0.2, 0.25) is 0 Å². The third-order valence-electron chi connectivity index (χ3n) is 5.41. The number of fused-ring (bicyclic) bond motifs is 1. The summed E-state index contributed by atoms with van der Waals surface area (Å²) in [5, 5.41) is 0. The van der Waals surface area contributed by atoms with Gasteiger partial charge in [-0.1, -0.05) is 42.5 Å². The van der Waals surface area contributed by atoms with E-state index in [-0.39, 0.29) is 30.1 Å². The first kappa shape index (κ1) is 20.6. The molecule has 0 amide bonds. The minimum absolute atomic E-state index is 0.0563. The molecule has 0 bridgehead atoms. The van der Waals surface area contributed by atoms with E-state index in [2.05, 4.69) is 4.98 Å². The van der Waals surface area contributed by atoms with Crippen LogP contribution >= 0.6 is 0 Å². The highest BCUT2D eigenvalue weighted by Gasteiger charge is 2.19. The molecule has 2 aromatic heterocycles. The Hall–Kier alpha value is -4.33. The number of halogens is 2. The van der Waals surface area contributed by atoms with Gasteiger partial charge in [0.1, 0.15) is 11.6 Å². The Morgan fingerprint density at radius 2 is 1.48 bits per heavy atom. The van der Waals surface area contributed by atoms with Gasteiger partial charge in [-0.2, -0.15) is 0 Å². The van der Waals surface area contributed by atoms with Gasteiger partial charge in [-0.25, -0.2) is 23.1 Å². The van der Waals surface area contributed by atoms with Crippen molar-refractivity contribution < 1.29 is 8.78 Å². The molecule has 0 radical (unpaired) electrons. The van der Waals surface area contributed by atoms with Crippen molar-refractivity contribution in [3.63, 3.8) is 0 Å². The molecule has 5 aromatic rings. The van der Waals surface area contributed by atoms with Crippen molar-refractivity contribution in [2.75, 3.05) is 0 Å². The summed E-state index contributed by atoms with van der Waals surface area (Å²) in [5.74, 6) is -0.834. The number of hydrogen-bond donors (Lipinski definition) is 0. The Morgan fingerprint density at radius 3 is 2.21 bits per heavy atom. The van der Waals surface area contributed by atoms with Crippen LogP contribution in [0.5, 0.6) is 0 Å². The molecule has 0 unspecified atom stereocenters. The topological polar surface area (TPSA) is 61.8 Å². The first-order chi connectivity index (χ1) is 16.0. The maximum atomic E-state index is 13.7. The molecule has 3 aromatic carbocycles. The lowest BCUT2D eigenvalue weighted by molar-refractivity contribution is 0.623. The molecule has 6 nitrogen and oxygen atoms in total. The number of nitrogens with zero attached hydrogens (tertiary/aromatic N) is 4. The molecule has 8 heteroatoms. The summed E-state index contributed by atoms with van der Waals surface area (Å²) >= 11 is 0. The van der Waals surface area contributed by atoms with Gasteiger partial charge in [-0.3, -0.25) is 9.36 Å². The summed E-state index contributed by atoms with van der Waals surface area (Å²) in [6.45, 7) is 0.247. The first-order valence-corrected chi connectivity index (χ1v) is 10.3. The second kappa shape index (κ2) is 8.31. The van der Waals surface area contributed by atoms with Crippen molar-refractivity contribution in [1.82, 2.24) is 18.7 Å². The fraction of sp³-hybridized carbons (Fsp3) is 0.0800. The van der Waals surface area contributed by atoms with Gasteiger partial charge in [-0.05, 0) is 47.5 Å². The van der Waals surface area contributed by atoms with E-state index in [0.717, 1.165) is 10.1 Å². The van der Waals surface area contributed by atoms with Gasteiger partial charge < -0.3 is 4.57 Å². The van der Waals surface area contributed by atoms with Crippen molar-refractivity contribution in [3.05, 3.63) is 129 Å². The molecule has 2 heterocycles. The van der Waals surface area contributed by atoms with Crippen molar-refractivity contribution in [2.45, 2.75) is 13.1 Å². The minimum Gasteiger partial charge on any atom is -0.320 e. The highest BCUT2D eigenvalue weighted by atomic mass is 19.1. The summed E-state index contributed by atoms with van der Waals surface area (Å²) in [7, 11) is 0. The predicted octanol–water partition coefficient (Wildman–Crippen LogP) is 3.72. The third-order valence-corrected chi connectivity index (χ3v) is 5.41. The average molecular weight is 444 g/mol. The molecule has 0 aliphatic heterocycles.